The van der Waals surface area contributed by atoms with Crippen LogP contribution in [-0.2, 0) is 9.53 Å². The topological polar surface area (TPSA) is 136 Å². The van der Waals surface area contributed by atoms with Gasteiger partial charge in [-0.2, -0.15) is 5.26 Å². The molecule has 3 aliphatic rings. The number of benzene rings is 2. The highest BCUT2D eigenvalue weighted by Crippen LogP contribution is 2.34. The largest absolute Gasteiger partial charge is 0.495 e. The van der Waals surface area contributed by atoms with E-state index in [0.717, 1.165) is 56.5 Å². The number of likely N-dealkylation sites (tertiary alicyclic amines) is 1. The lowest BCUT2D eigenvalue weighted by molar-refractivity contribution is -0.138. The van der Waals surface area contributed by atoms with Crippen LogP contribution >= 0.6 is 0 Å². The maximum atomic E-state index is 14.8. The summed E-state index contributed by atoms with van der Waals surface area (Å²) < 4.78 is 31.8. The summed E-state index contributed by atoms with van der Waals surface area (Å²) in [6.45, 7) is 4.91. The number of hydrogen-bond acceptors (Lipinski definition) is 11. The number of methoxy groups -OCH3 is 1. The number of carbonyl (C=O) groups excluding carboxylic acids is 1. The van der Waals surface area contributed by atoms with Gasteiger partial charge in [0.05, 0.1) is 44.2 Å². The van der Waals surface area contributed by atoms with Crippen LogP contribution in [0.2, 0.25) is 0 Å². The van der Waals surface area contributed by atoms with Gasteiger partial charge in [0, 0.05) is 62.7 Å². The molecule has 0 bridgehead atoms. The van der Waals surface area contributed by atoms with Gasteiger partial charge in [-0.15, -0.1) is 0 Å². The number of hydrogen-bond donors (Lipinski definition) is 2. The molecule has 0 aliphatic carbocycles. The van der Waals surface area contributed by atoms with Crippen molar-refractivity contribution in [1.29, 1.82) is 5.26 Å². The Hall–Kier alpha value is -4.51. The highest BCUT2D eigenvalue weighted by atomic mass is 19.1. The molecule has 236 valence electrons. The molecule has 12 nitrogen and oxygen atoms in total. The third kappa shape index (κ3) is 6.78. The summed E-state index contributed by atoms with van der Waals surface area (Å²) in [5, 5.41) is 22.2. The summed E-state index contributed by atoms with van der Waals surface area (Å²) in [4.78, 5) is 26.9. The fourth-order valence-corrected chi connectivity index (χ4v) is 5.86. The predicted octanol–water partition coefficient (Wildman–Crippen LogP) is 2.60. The normalized spacial score (nSPS) is 20.7. The first-order chi connectivity index (χ1) is 21.9. The van der Waals surface area contributed by atoms with Crippen LogP contribution in [0.3, 0.4) is 0 Å². The second-order valence-corrected chi connectivity index (χ2v) is 11.3. The lowest BCUT2D eigenvalue weighted by Gasteiger charge is -2.43. The van der Waals surface area contributed by atoms with E-state index < -0.39 is 24.8 Å². The molecular formula is C32H36FN7O5. The van der Waals surface area contributed by atoms with Crippen molar-refractivity contribution in [3.63, 3.8) is 0 Å². The van der Waals surface area contributed by atoms with E-state index in [4.69, 9.17) is 19.3 Å². The molecule has 1 aromatic heterocycles. The summed E-state index contributed by atoms with van der Waals surface area (Å²) >= 11 is 0. The molecule has 2 N–H and O–H groups in total. The Labute approximate surface area is 260 Å². The Kier molecular flexibility index (Phi) is 9.25. The monoisotopic (exact) mass is 617 g/mol. The predicted molar refractivity (Wildman–Crippen MR) is 164 cm³/mol. The van der Waals surface area contributed by atoms with Crippen molar-refractivity contribution in [2.45, 2.75) is 24.7 Å². The number of alkyl halides is 1. The van der Waals surface area contributed by atoms with Gasteiger partial charge in [0.15, 0.2) is 12.0 Å². The standard InChI is InChI=1S/C32H36FN7O5/c1-43-29-15-23(3-4-26(29)39-12-10-38(11-13-39)24-19-44-20-24)36-30-6-8-35-32(37-30)21-2-5-27(22(14-21)16-34)45-28-7-9-40(17-25(28)33)31(42)18-41/h2-6,8,14-15,24-25,28,41H,7,9-13,17-20H2,1H3,(H,35,36,37)/t25-,28+/m1/s1. The van der Waals surface area contributed by atoms with Crippen molar-refractivity contribution in [2.75, 3.05) is 76.4 Å². The zero-order valence-corrected chi connectivity index (χ0v) is 25.1. The number of aromatic nitrogens is 2. The molecule has 13 heteroatoms. The highest BCUT2D eigenvalue weighted by molar-refractivity contribution is 5.77. The van der Waals surface area contributed by atoms with E-state index in [9.17, 15) is 14.4 Å². The van der Waals surface area contributed by atoms with E-state index in [1.807, 2.05) is 12.1 Å². The van der Waals surface area contributed by atoms with Crippen molar-refractivity contribution < 1.29 is 28.5 Å². The van der Waals surface area contributed by atoms with Crippen molar-refractivity contribution in [3.8, 4) is 29.0 Å². The molecule has 3 aliphatic heterocycles. The Morgan fingerprint density at radius 2 is 1.96 bits per heavy atom. The van der Waals surface area contributed by atoms with Crippen LogP contribution in [0.1, 0.15) is 12.0 Å². The zero-order chi connectivity index (χ0) is 31.3. The molecule has 0 unspecified atom stereocenters. The molecule has 4 heterocycles. The number of nitriles is 1. The maximum absolute atomic E-state index is 14.8. The molecule has 3 aromatic rings. The number of aliphatic hydroxyl groups is 1. The average Bonchev–Trinajstić information content (AvgIpc) is 3.05. The third-order valence-corrected chi connectivity index (χ3v) is 8.51. The van der Waals surface area contributed by atoms with Gasteiger partial charge in [0.25, 0.3) is 0 Å². The number of aliphatic hydroxyl groups excluding tert-OH is 1. The number of ether oxygens (including phenoxy) is 3. The molecule has 3 saturated heterocycles. The molecule has 0 radical (unpaired) electrons. The first-order valence-electron chi connectivity index (χ1n) is 15.0. The molecule has 2 atom stereocenters. The van der Waals surface area contributed by atoms with Crippen LogP contribution in [0.15, 0.2) is 48.7 Å². The van der Waals surface area contributed by atoms with E-state index in [1.165, 1.54) is 4.90 Å². The fraction of sp³-hybridized carbons (Fsp3) is 0.438. The van der Waals surface area contributed by atoms with Gasteiger partial charge in [-0.3, -0.25) is 9.69 Å². The van der Waals surface area contributed by atoms with Gasteiger partial charge in [-0.1, -0.05) is 0 Å². The van der Waals surface area contributed by atoms with E-state index in [1.54, 1.807) is 37.6 Å². The molecule has 0 spiro atoms. The zero-order valence-electron chi connectivity index (χ0n) is 25.1. The van der Waals surface area contributed by atoms with E-state index in [0.29, 0.717) is 23.2 Å². The van der Waals surface area contributed by atoms with Gasteiger partial charge in [0.1, 0.15) is 36.1 Å². The molecule has 45 heavy (non-hydrogen) atoms. The summed E-state index contributed by atoms with van der Waals surface area (Å²) in [5.41, 5.74) is 2.67. The van der Waals surface area contributed by atoms with Crippen molar-refractivity contribution in [1.82, 2.24) is 19.8 Å². The SMILES string of the molecule is COc1cc(Nc2ccnc(-c3ccc(O[C@H]4CCN(C(=O)CO)C[C@H]4F)c(C#N)c3)n2)ccc1N1CCN(C2COC2)CC1. The minimum Gasteiger partial charge on any atom is -0.495 e. The molecule has 3 fully saturated rings. The minimum atomic E-state index is -1.45. The third-order valence-electron chi connectivity index (χ3n) is 8.51. The summed E-state index contributed by atoms with van der Waals surface area (Å²) in [5.74, 6) is 1.46. The Bertz CT molecular complexity index is 1560. The second-order valence-electron chi connectivity index (χ2n) is 11.3. The maximum Gasteiger partial charge on any atom is 0.248 e. The van der Waals surface area contributed by atoms with Crippen LogP contribution in [-0.4, -0.2) is 115 Å². The van der Waals surface area contributed by atoms with Gasteiger partial charge in [-0.05, 0) is 36.4 Å². The number of piperidine rings is 1. The van der Waals surface area contributed by atoms with Crippen LogP contribution in [0.25, 0.3) is 11.4 Å². The van der Waals surface area contributed by atoms with Gasteiger partial charge >= 0.3 is 0 Å². The molecule has 0 saturated carbocycles. The van der Waals surface area contributed by atoms with E-state index in [-0.39, 0.29) is 30.8 Å². The van der Waals surface area contributed by atoms with E-state index >= 15 is 0 Å². The van der Waals surface area contributed by atoms with Crippen LogP contribution < -0.4 is 19.7 Å². The number of amides is 1. The second kappa shape index (κ2) is 13.6. The fourth-order valence-electron chi connectivity index (χ4n) is 5.86. The molecule has 1 amide bonds. The lowest BCUT2D eigenvalue weighted by atomic mass is 10.0. The van der Waals surface area contributed by atoms with Crippen molar-refractivity contribution in [2.24, 2.45) is 0 Å². The van der Waals surface area contributed by atoms with Gasteiger partial charge in [-0.25, -0.2) is 14.4 Å². The van der Waals surface area contributed by atoms with Crippen molar-refractivity contribution >= 4 is 23.1 Å². The summed E-state index contributed by atoms with van der Waals surface area (Å²) in [6.07, 6.45) is -0.384. The first-order valence-corrected chi connectivity index (χ1v) is 15.0. The van der Waals surface area contributed by atoms with Gasteiger partial charge in [0.2, 0.25) is 5.91 Å². The Morgan fingerprint density at radius 1 is 1.13 bits per heavy atom. The summed E-state index contributed by atoms with van der Waals surface area (Å²) in [7, 11) is 1.67. The number of carbonyl (C=O) groups is 1. The number of anilines is 3. The Balaban J connectivity index is 1.12. The molecular weight excluding hydrogens is 581 g/mol. The van der Waals surface area contributed by atoms with Crippen LogP contribution in [0.4, 0.5) is 21.6 Å². The Morgan fingerprint density at radius 3 is 2.64 bits per heavy atom. The quantitative estimate of drug-likeness (QED) is 0.367. The number of halogens is 1. The number of nitrogens with zero attached hydrogens (tertiary/aromatic N) is 6. The number of piperazine rings is 1. The molecule has 2 aromatic carbocycles. The molecule has 6 rings (SSSR count). The lowest BCUT2D eigenvalue weighted by Crippen LogP contribution is -2.56. The van der Waals surface area contributed by atoms with E-state index in [2.05, 4.69) is 37.2 Å². The van der Waals surface area contributed by atoms with Crippen LogP contribution in [0.5, 0.6) is 11.5 Å². The number of nitrogens with one attached hydrogen (secondary N) is 1. The highest BCUT2D eigenvalue weighted by Gasteiger charge is 2.33. The number of rotatable bonds is 9. The van der Waals surface area contributed by atoms with Crippen LogP contribution in [0, 0.1) is 11.3 Å². The summed E-state index contributed by atoms with van der Waals surface area (Å²) in [6, 6.07) is 15.4. The average molecular weight is 618 g/mol. The first kappa shape index (κ1) is 30.5. The smallest absolute Gasteiger partial charge is 0.248 e. The minimum absolute atomic E-state index is 0.167. The van der Waals surface area contributed by atoms with Crippen molar-refractivity contribution in [3.05, 3.63) is 54.2 Å². The van der Waals surface area contributed by atoms with Gasteiger partial charge < -0.3 is 34.4 Å².